The summed E-state index contributed by atoms with van der Waals surface area (Å²) in [5.41, 5.74) is 0.990. The number of anilines is 1. The molecule has 0 radical (unpaired) electrons. The molecule has 0 atom stereocenters. The molecule has 0 aliphatic heterocycles. The number of nitrogens with one attached hydrogen (secondary N) is 1. The zero-order chi connectivity index (χ0) is 19.5. The largest absolute Gasteiger partial charge is 0.444 e. The maximum atomic E-state index is 12.3. The second-order valence-corrected chi connectivity index (χ2v) is 9.72. The van der Waals surface area contributed by atoms with Crippen LogP contribution in [0, 0.1) is 0 Å². The third-order valence-corrected chi connectivity index (χ3v) is 3.31. The lowest BCUT2D eigenvalue weighted by molar-refractivity contribution is 0.136. The fraction of sp³-hybridized carbons (Fsp3) is 0.333. The van der Waals surface area contributed by atoms with Crippen molar-refractivity contribution in [3.05, 3.63) is 18.2 Å². The molecular formula is C12H8Cl6N4O4. The van der Waals surface area contributed by atoms with Crippen molar-refractivity contribution < 1.29 is 19.1 Å². The van der Waals surface area contributed by atoms with Crippen LogP contribution in [0.2, 0.25) is 0 Å². The molecule has 2 rings (SSSR count). The second-order valence-electron chi connectivity index (χ2n) is 4.69. The SMILES string of the molecule is O=C(OCC(Cl)(Cl)Cl)N(C(=O)OCC(Cl)(Cl)Cl)c1ccc2[nH]nnc2c1. The first-order chi connectivity index (χ1) is 12.0. The van der Waals surface area contributed by atoms with Crippen LogP contribution in [0.15, 0.2) is 18.2 Å². The number of aromatic nitrogens is 3. The van der Waals surface area contributed by atoms with Gasteiger partial charge in [0.15, 0.2) is 0 Å². The van der Waals surface area contributed by atoms with E-state index in [9.17, 15) is 9.59 Å². The van der Waals surface area contributed by atoms with Gasteiger partial charge in [-0.1, -0.05) is 74.8 Å². The number of halogens is 6. The van der Waals surface area contributed by atoms with Crippen LogP contribution in [0.4, 0.5) is 15.3 Å². The lowest BCUT2D eigenvalue weighted by Gasteiger charge is -2.22. The molecular weight excluding hydrogens is 477 g/mol. The maximum Gasteiger partial charge on any atom is 0.424 e. The zero-order valence-electron chi connectivity index (χ0n) is 12.4. The molecule has 26 heavy (non-hydrogen) atoms. The summed E-state index contributed by atoms with van der Waals surface area (Å²) in [7, 11) is 0. The summed E-state index contributed by atoms with van der Waals surface area (Å²) >= 11 is 33.2. The molecule has 0 saturated carbocycles. The van der Waals surface area contributed by atoms with E-state index >= 15 is 0 Å². The van der Waals surface area contributed by atoms with Crippen LogP contribution in [0.25, 0.3) is 11.0 Å². The summed E-state index contributed by atoms with van der Waals surface area (Å²) in [4.78, 5) is 25.2. The minimum Gasteiger partial charge on any atom is -0.444 e. The topological polar surface area (TPSA) is 97.4 Å². The van der Waals surface area contributed by atoms with E-state index in [1.807, 2.05) is 0 Å². The van der Waals surface area contributed by atoms with E-state index in [0.29, 0.717) is 15.9 Å². The van der Waals surface area contributed by atoms with Gasteiger partial charge in [0, 0.05) is 0 Å². The summed E-state index contributed by atoms with van der Waals surface area (Å²) in [6.07, 6.45) is -2.35. The third-order valence-electron chi connectivity index (χ3n) is 2.65. The number of amides is 2. The van der Waals surface area contributed by atoms with Crippen LogP contribution in [0.3, 0.4) is 0 Å². The van der Waals surface area contributed by atoms with Crippen molar-refractivity contribution >= 4 is 98.5 Å². The monoisotopic (exact) mass is 482 g/mol. The van der Waals surface area contributed by atoms with E-state index in [1.54, 1.807) is 0 Å². The van der Waals surface area contributed by atoms with Crippen molar-refractivity contribution in [3.63, 3.8) is 0 Å². The van der Waals surface area contributed by atoms with Gasteiger partial charge in [-0.3, -0.25) is 5.10 Å². The van der Waals surface area contributed by atoms with Gasteiger partial charge in [0.2, 0.25) is 7.59 Å². The number of alkyl halides is 6. The number of nitrogens with zero attached hydrogens (tertiary/aromatic N) is 3. The standard InChI is InChI=1S/C12H8Cl6N4O4/c13-11(14,15)4-25-9(23)22(10(24)26-5-12(16,17)18)6-1-2-7-8(3-6)20-21-19-7/h1-3H,4-5H2,(H,19,20,21). The van der Waals surface area contributed by atoms with Crippen molar-refractivity contribution in [2.45, 2.75) is 7.59 Å². The maximum absolute atomic E-state index is 12.3. The quantitative estimate of drug-likeness (QED) is 0.630. The van der Waals surface area contributed by atoms with Crippen LogP contribution in [0.1, 0.15) is 0 Å². The number of ether oxygens (including phenoxy) is 2. The lowest BCUT2D eigenvalue weighted by Crippen LogP contribution is -2.40. The van der Waals surface area contributed by atoms with Gasteiger partial charge >= 0.3 is 12.2 Å². The molecule has 0 unspecified atom stereocenters. The highest BCUT2D eigenvalue weighted by atomic mass is 35.6. The summed E-state index contributed by atoms with van der Waals surface area (Å²) < 4.78 is 5.88. The molecule has 0 aliphatic rings. The number of carbonyl (C=O) groups excluding carboxylic acids is 2. The molecule has 1 aromatic carbocycles. The first kappa shape index (κ1) is 21.4. The summed E-state index contributed by atoms with van der Waals surface area (Å²) in [5, 5.41) is 10.0. The molecule has 0 bridgehead atoms. The average Bonchev–Trinajstić information content (AvgIpc) is 2.97. The Morgan fingerprint density at radius 2 is 1.54 bits per heavy atom. The van der Waals surface area contributed by atoms with Gasteiger partial charge in [0.05, 0.1) is 11.2 Å². The molecule has 0 aliphatic carbocycles. The van der Waals surface area contributed by atoms with Gasteiger partial charge in [-0.15, -0.1) is 5.10 Å². The minimum atomic E-state index is -1.88. The molecule has 2 aromatic rings. The van der Waals surface area contributed by atoms with Gasteiger partial charge in [-0.25, -0.2) is 9.59 Å². The third kappa shape index (κ3) is 6.37. The van der Waals surface area contributed by atoms with Crippen molar-refractivity contribution in [2.75, 3.05) is 18.1 Å². The Labute approximate surface area is 176 Å². The fourth-order valence-electron chi connectivity index (χ4n) is 1.67. The van der Waals surface area contributed by atoms with E-state index in [1.165, 1.54) is 18.2 Å². The number of benzene rings is 1. The van der Waals surface area contributed by atoms with E-state index < -0.39 is 33.0 Å². The molecule has 14 heteroatoms. The van der Waals surface area contributed by atoms with Gasteiger partial charge < -0.3 is 9.47 Å². The first-order valence-corrected chi connectivity index (χ1v) is 8.81. The average molecular weight is 485 g/mol. The Hall–Kier alpha value is -0.900. The molecule has 142 valence electrons. The molecule has 0 fully saturated rings. The van der Waals surface area contributed by atoms with E-state index in [2.05, 4.69) is 15.4 Å². The fourth-order valence-corrected chi connectivity index (χ4v) is 2.00. The van der Waals surface area contributed by atoms with Crippen LogP contribution in [-0.2, 0) is 9.47 Å². The van der Waals surface area contributed by atoms with Crippen LogP contribution >= 0.6 is 69.6 Å². The molecule has 8 nitrogen and oxygen atoms in total. The van der Waals surface area contributed by atoms with Crippen LogP contribution < -0.4 is 4.90 Å². The Kier molecular flexibility index (Phi) is 6.92. The second kappa shape index (κ2) is 8.41. The Morgan fingerprint density at radius 3 is 2.04 bits per heavy atom. The van der Waals surface area contributed by atoms with Gasteiger partial charge in [0.25, 0.3) is 0 Å². The number of hydrogen-bond donors (Lipinski definition) is 1. The number of H-pyrrole nitrogens is 1. The summed E-state index contributed by atoms with van der Waals surface area (Å²) in [6.45, 7) is -1.23. The molecule has 1 aromatic heterocycles. The smallest absolute Gasteiger partial charge is 0.424 e. The number of aromatic amines is 1. The molecule has 0 saturated heterocycles. The minimum absolute atomic E-state index is 0.0510. The molecule has 2 amide bonds. The van der Waals surface area contributed by atoms with Crippen LogP contribution in [-0.4, -0.2) is 48.4 Å². The number of imide groups is 1. The Bertz CT molecular complexity index is 773. The predicted octanol–water partition coefficient (Wildman–Crippen LogP) is 4.78. The van der Waals surface area contributed by atoms with Crippen molar-refractivity contribution in [2.24, 2.45) is 0 Å². The lowest BCUT2D eigenvalue weighted by atomic mass is 10.2. The number of rotatable bonds is 3. The van der Waals surface area contributed by atoms with Gasteiger partial charge in [0.1, 0.15) is 18.7 Å². The van der Waals surface area contributed by atoms with Gasteiger partial charge in [-0.05, 0) is 18.2 Å². The highest BCUT2D eigenvalue weighted by molar-refractivity contribution is 6.68. The predicted molar refractivity (Wildman–Crippen MR) is 99.6 cm³/mol. The molecule has 0 spiro atoms. The highest BCUT2D eigenvalue weighted by Crippen LogP contribution is 2.29. The number of carbonyl (C=O) groups is 2. The van der Waals surface area contributed by atoms with Crippen LogP contribution in [0.5, 0.6) is 0 Å². The Balaban J connectivity index is 2.27. The first-order valence-electron chi connectivity index (χ1n) is 6.54. The van der Waals surface area contributed by atoms with Crippen molar-refractivity contribution in [1.29, 1.82) is 0 Å². The highest BCUT2D eigenvalue weighted by Gasteiger charge is 2.32. The normalized spacial score (nSPS) is 12.1. The number of hydrogen-bond acceptors (Lipinski definition) is 6. The number of fused-ring (bicyclic) bond motifs is 1. The Morgan fingerprint density at radius 1 is 1.00 bits per heavy atom. The molecule has 1 heterocycles. The zero-order valence-corrected chi connectivity index (χ0v) is 16.9. The summed E-state index contributed by atoms with van der Waals surface area (Å²) in [6, 6.07) is 4.32. The van der Waals surface area contributed by atoms with Crippen molar-refractivity contribution in [1.82, 2.24) is 15.4 Å². The van der Waals surface area contributed by atoms with E-state index in [4.69, 9.17) is 79.1 Å². The van der Waals surface area contributed by atoms with Gasteiger partial charge in [-0.2, -0.15) is 4.90 Å². The summed E-state index contributed by atoms with van der Waals surface area (Å²) in [5.74, 6) is 0. The molecule has 1 N–H and O–H groups in total. The van der Waals surface area contributed by atoms with E-state index in [-0.39, 0.29) is 5.69 Å². The van der Waals surface area contributed by atoms with Crippen molar-refractivity contribution in [3.8, 4) is 0 Å². The van der Waals surface area contributed by atoms with E-state index in [0.717, 1.165) is 0 Å².